The summed E-state index contributed by atoms with van der Waals surface area (Å²) in [5.74, 6) is -0.745. The minimum atomic E-state index is -0.745. The Labute approximate surface area is 64.8 Å². The molecule has 1 saturated heterocycles. The number of carboxylic acid groups (broad SMARTS) is 1. The first kappa shape index (κ1) is 9.74. The van der Waals surface area contributed by atoms with Crippen LogP contribution in [0.5, 0.6) is 0 Å². The molecule has 0 unspecified atom stereocenters. The lowest BCUT2D eigenvalue weighted by Crippen LogP contribution is -2.20. The predicted molar refractivity (Wildman–Crippen MR) is 39.3 cm³/mol. The van der Waals surface area contributed by atoms with Crippen molar-refractivity contribution in [3.05, 3.63) is 0 Å². The van der Waals surface area contributed by atoms with Crippen molar-refractivity contribution in [2.24, 2.45) is 0 Å². The molecule has 1 heterocycles. The molecule has 0 saturated carbocycles. The van der Waals surface area contributed by atoms with Crippen molar-refractivity contribution in [2.75, 3.05) is 13.1 Å². The van der Waals surface area contributed by atoms with Crippen LogP contribution in [0.3, 0.4) is 0 Å². The lowest BCUT2D eigenvalue weighted by Gasteiger charge is -1.80. The van der Waals surface area contributed by atoms with Crippen molar-refractivity contribution in [3.63, 3.8) is 0 Å². The molecule has 0 aromatic heterocycles. The molecule has 3 N–H and O–H groups in total. The van der Waals surface area contributed by atoms with Gasteiger partial charge in [-0.25, -0.2) is 4.79 Å². The lowest BCUT2D eigenvalue weighted by atomic mass is 10.5. The van der Waals surface area contributed by atoms with E-state index >= 15 is 0 Å². The van der Waals surface area contributed by atoms with E-state index in [-0.39, 0.29) is 12.5 Å². The van der Waals surface area contributed by atoms with E-state index in [9.17, 15) is 9.59 Å². The highest BCUT2D eigenvalue weighted by Crippen LogP contribution is 1.70. The smallest absolute Gasteiger partial charge is 0.314 e. The highest BCUT2D eigenvalue weighted by molar-refractivity contribution is 5.75. The first-order chi connectivity index (χ1) is 5.16. The van der Waals surface area contributed by atoms with E-state index in [0.29, 0.717) is 0 Å². The zero-order chi connectivity index (χ0) is 8.69. The third-order valence-corrected chi connectivity index (χ3v) is 0.999. The highest BCUT2D eigenvalue weighted by atomic mass is 16.4. The molecule has 0 aromatic rings. The summed E-state index contributed by atoms with van der Waals surface area (Å²) >= 11 is 0. The summed E-state index contributed by atoms with van der Waals surface area (Å²) in [6.45, 7) is 3.15. The number of carbonyl (C=O) groups excluding carboxylic acids is 1. The third-order valence-electron chi connectivity index (χ3n) is 0.999. The summed E-state index contributed by atoms with van der Waals surface area (Å²) in [5, 5.41) is 12.9. The van der Waals surface area contributed by atoms with Crippen molar-refractivity contribution in [2.45, 2.75) is 13.3 Å². The number of rotatable bonds is 1. The maximum absolute atomic E-state index is 10.0. The molecule has 1 aliphatic heterocycles. The van der Waals surface area contributed by atoms with Crippen LogP contribution < -0.4 is 10.6 Å². The van der Waals surface area contributed by atoms with Crippen LogP contribution in [-0.4, -0.2) is 30.2 Å². The first-order valence-corrected chi connectivity index (χ1v) is 3.40. The zero-order valence-corrected chi connectivity index (χ0v) is 6.39. The van der Waals surface area contributed by atoms with Crippen LogP contribution in [0, 0.1) is 0 Å². The van der Waals surface area contributed by atoms with Crippen molar-refractivity contribution in [3.8, 4) is 0 Å². The van der Waals surface area contributed by atoms with E-state index in [1.165, 1.54) is 0 Å². The van der Waals surface area contributed by atoms with Crippen LogP contribution in [0.4, 0.5) is 4.79 Å². The van der Waals surface area contributed by atoms with Crippen LogP contribution in [-0.2, 0) is 4.79 Å². The Kier molecular flexibility index (Phi) is 4.89. The van der Waals surface area contributed by atoms with E-state index in [0.717, 1.165) is 13.1 Å². The van der Waals surface area contributed by atoms with Crippen molar-refractivity contribution in [1.29, 1.82) is 0 Å². The number of carboxylic acids is 1. The predicted octanol–water partition coefficient (Wildman–Crippen LogP) is -0.220. The average Bonchev–Trinajstić information content (AvgIpc) is 2.41. The number of nitrogens with one attached hydrogen (secondary N) is 2. The van der Waals surface area contributed by atoms with Gasteiger partial charge in [0.15, 0.2) is 0 Å². The molecule has 64 valence electrons. The fraction of sp³-hybridized carbons (Fsp3) is 0.667. The molecule has 5 nitrogen and oxygen atoms in total. The second-order valence-corrected chi connectivity index (χ2v) is 1.93. The summed E-state index contributed by atoms with van der Waals surface area (Å²) in [4.78, 5) is 19.4. The average molecular weight is 160 g/mol. The highest BCUT2D eigenvalue weighted by Gasteiger charge is 2.02. The largest absolute Gasteiger partial charge is 0.481 e. The van der Waals surface area contributed by atoms with E-state index < -0.39 is 5.97 Å². The third kappa shape index (κ3) is 6.63. The number of carbonyl (C=O) groups is 2. The minimum absolute atomic E-state index is 0.0463. The molecule has 1 rings (SSSR count). The minimum Gasteiger partial charge on any atom is -0.481 e. The first-order valence-electron chi connectivity index (χ1n) is 3.40. The summed E-state index contributed by atoms with van der Waals surface area (Å²) < 4.78 is 0. The summed E-state index contributed by atoms with van der Waals surface area (Å²) in [5.41, 5.74) is 0. The van der Waals surface area contributed by atoms with Crippen LogP contribution in [0.2, 0.25) is 0 Å². The van der Waals surface area contributed by atoms with Gasteiger partial charge in [-0.05, 0) is 0 Å². The Morgan fingerprint density at radius 2 is 1.91 bits per heavy atom. The van der Waals surface area contributed by atoms with Gasteiger partial charge in [-0.3, -0.25) is 4.79 Å². The molecule has 11 heavy (non-hydrogen) atoms. The molecule has 5 heteroatoms. The Bertz CT molecular complexity index is 139. The van der Waals surface area contributed by atoms with Gasteiger partial charge in [0.1, 0.15) is 0 Å². The van der Waals surface area contributed by atoms with E-state index in [2.05, 4.69) is 10.6 Å². The monoisotopic (exact) mass is 160 g/mol. The van der Waals surface area contributed by atoms with Gasteiger partial charge in [0.05, 0.1) is 0 Å². The number of aliphatic carboxylic acids is 1. The fourth-order valence-electron chi connectivity index (χ4n) is 0.415. The maximum Gasteiger partial charge on any atom is 0.314 e. The second-order valence-electron chi connectivity index (χ2n) is 1.93. The standard InChI is InChI=1S/C3H6N2O.C3H6O2/c6-3-4-1-2-5-3;1-2-3(4)5/h1-2H2,(H2,4,5,6);2H2,1H3,(H,4,5). The van der Waals surface area contributed by atoms with Gasteiger partial charge in [0.25, 0.3) is 0 Å². The molecule has 0 spiro atoms. The Morgan fingerprint density at radius 1 is 1.55 bits per heavy atom. The van der Waals surface area contributed by atoms with E-state index in [1.54, 1.807) is 6.92 Å². The lowest BCUT2D eigenvalue weighted by molar-refractivity contribution is -0.136. The molecular weight excluding hydrogens is 148 g/mol. The van der Waals surface area contributed by atoms with Gasteiger partial charge >= 0.3 is 12.0 Å². The summed E-state index contributed by atoms with van der Waals surface area (Å²) in [7, 11) is 0. The molecule has 2 amide bonds. The number of amides is 2. The number of hydrogen-bond acceptors (Lipinski definition) is 2. The molecule has 0 aromatic carbocycles. The van der Waals surface area contributed by atoms with Crippen molar-refractivity contribution < 1.29 is 14.7 Å². The van der Waals surface area contributed by atoms with Crippen LogP contribution >= 0.6 is 0 Å². The van der Waals surface area contributed by atoms with Crippen LogP contribution in [0.15, 0.2) is 0 Å². The number of urea groups is 1. The SMILES string of the molecule is CCC(=O)O.O=C1NCCN1. The molecule has 1 aliphatic rings. The van der Waals surface area contributed by atoms with Crippen LogP contribution in [0.25, 0.3) is 0 Å². The second kappa shape index (κ2) is 5.52. The Hall–Kier alpha value is -1.26. The number of hydrogen-bond donors (Lipinski definition) is 3. The van der Waals surface area contributed by atoms with Gasteiger partial charge in [0, 0.05) is 19.5 Å². The normalized spacial score (nSPS) is 14.1. The molecule has 0 atom stereocenters. The maximum atomic E-state index is 10.0. The molecular formula is C6H12N2O3. The molecule has 0 bridgehead atoms. The summed E-state index contributed by atoms with van der Waals surface area (Å²) in [6, 6.07) is -0.0463. The van der Waals surface area contributed by atoms with Crippen molar-refractivity contribution in [1.82, 2.24) is 10.6 Å². The van der Waals surface area contributed by atoms with Crippen molar-refractivity contribution >= 4 is 12.0 Å². The zero-order valence-electron chi connectivity index (χ0n) is 6.39. The molecule has 0 aliphatic carbocycles. The van der Waals surface area contributed by atoms with Gasteiger partial charge in [-0.2, -0.15) is 0 Å². The summed E-state index contributed by atoms with van der Waals surface area (Å²) in [6.07, 6.45) is 0.222. The van der Waals surface area contributed by atoms with Gasteiger partial charge in [0.2, 0.25) is 0 Å². The Morgan fingerprint density at radius 3 is 2.00 bits per heavy atom. The van der Waals surface area contributed by atoms with E-state index in [4.69, 9.17) is 5.11 Å². The quantitative estimate of drug-likeness (QED) is 0.496. The molecule has 0 radical (unpaired) electrons. The van der Waals surface area contributed by atoms with Gasteiger partial charge < -0.3 is 15.7 Å². The fourth-order valence-corrected chi connectivity index (χ4v) is 0.415. The molecule has 1 fully saturated rings. The topological polar surface area (TPSA) is 78.4 Å². The Balaban J connectivity index is 0.000000187. The van der Waals surface area contributed by atoms with Crippen LogP contribution in [0.1, 0.15) is 13.3 Å². The van der Waals surface area contributed by atoms with Gasteiger partial charge in [-0.1, -0.05) is 6.92 Å². The van der Waals surface area contributed by atoms with Gasteiger partial charge in [-0.15, -0.1) is 0 Å². The van der Waals surface area contributed by atoms with E-state index in [1.807, 2.05) is 0 Å².